The molecule has 3 aromatic rings. The molecule has 120 valence electrons. The van der Waals surface area contributed by atoms with E-state index in [1.807, 2.05) is 36.3 Å². The number of rotatable bonds is 6. The molecule has 0 N–H and O–H groups in total. The maximum absolute atomic E-state index is 12.5. The molecular weight excluding hydrogens is 312 g/mol. The van der Waals surface area contributed by atoms with Crippen LogP contribution in [0.5, 0.6) is 0 Å². The SMILES string of the molecule is CCN(Cc1cccs1)C(=O)Cc1nc(-c2ccco2)oc1C. The summed E-state index contributed by atoms with van der Waals surface area (Å²) in [6.07, 6.45) is 1.80. The van der Waals surface area contributed by atoms with Crippen LogP contribution in [0.3, 0.4) is 0 Å². The summed E-state index contributed by atoms with van der Waals surface area (Å²) in [4.78, 5) is 19.9. The number of aromatic nitrogens is 1. The summed E-state index contributed by atoms with van der Waals surface area (Å²) in [6.45, 7) is 5.10. The zero-order valence-corrected chi connectivity index (χ0v) is 13.9. The molecule has 3 rings (SSSR count). The number of carbonyl (C=O) groups is 1. The number of hydrogen-bond acceptors (Lipinski definition) is 5. The Morgan fingerprint density at radius 2 is 2.22 bits per heavy atom. The van der Waals surface area contributed by atoms with Crippen LogP contribution < -0.4 is 0 Å². The van der Waals surface area contributed by atoms with Gasteiger partial charge in [-0.1, -0.05) is 6.07 Å². The van der Waals surface area contributed by atoms with E-state index < -0.39 is 0 Å². The van der Waals surface area contributed by atoms with E-state index in [1.165, 1.54) is 4.88 Å². The normalized spacial score (nSPS) is 10.9. The molecule has 0 saturated heterocycles. The number of carbonyl (C=O) groups excluding carboxylic acids is 1. The van der Waals surface area contributed by atoms with Crippen LogP contribution in [0.1, 0.15) is 23.3 Å². The van der Waals surface area contributed by atoms with Gasteiger partial charge in [0.2, 0.25) is 5.91 Å². The smallest absolute Gasteiger partial charge is 0.263 e. The Morgan fingerprint density at radius 3 is 2.87 bits per heavy atom. The minimum absolute atomic E-state index is 0.0447. The van der Waals surface area contributed by atoms with Crippen molar-refractivity contribution in [3.63, 3.8) is 0 Å². The van der Waals surface area contributed by atoms with Crippen LogP contribution in [0.4, 0.5) is 0 Å². The van der Waals surface area contributed by atoms with Crippen molar-refractivity contribution in [2.45, 2.75) is 26.8 Å². The van der Waals surface area contributed by atoms with Crippen LogP contribution in [-0.2, 0) is 17.8 Å². The van der Waals surface area contributed by atoms with Gasteiger partial charge in [0.15, 0.2) is 5.76 Å². The van der Waals surface area contributed by atoms with Crippen LogP contribution in [-0.4, -0.2) is 22.3 Å². The molecule has 3 heterocycles. The number of nitrogens with zero attached hydrogens (tertiary/aromatic N) is 2. The molecule has 0 aliphatic heterocycles. The highest BCUT2D eigenvalue weighted by Gasteiger charge is 2.19. The van der Waals surface area contributed by atoms with Crippen molar-refractivity contribution in [3.05, 3.63) is 52.2 Å². The lowest BCUT2D eigenvalue weighted by Gasteiger charge is -2.19. The highest BCUT2D eigenvalue weighted by Crippen LogP contribution is 2.23. The molecule has 3 aromatic heterocycles. The fraction of sp³-hybridized carbons (Fsp3) is 0.294. The summed E-state index contributed by atoms with van der Waals surface area (Å²) in [7, 11) is 0. The van der Waals surface area contributed by atoms with E-state index in [2.05, 4.69) is 4.98 Å². The maximum atomic E-state index is 12.5. The van der Waals surface area contributed by atoms with Crippen molar-refractivity contribution in [3.8, 4) is 11.7 Å². The predicted octanol–water partition coefficient (Wildman–Crippen LogP) is 3.90. The molecule has 0 aliphatic rings. The van der Waals surface area contributed by atoms with Crippen molar-refractivity contribution in [1.82, 2.24) is 9.88 Å². The van der Waals surface area contributed by atoms with Gasteiger partial charge < -0.3 is 13.7 Å². The summed E-state index contributed by atoms with van der Waals surface area (Å²) < 4.78 is 10.9. The van der Waals surface area contributed by atoms with Gasteiger partial charge in [0, 0.05) is 11.4 Å². The molecule has 6 heteroatoms. The first kappa shape index (κ1) is 15.6. The quantitative estimate of drug-likeness (QED) is 0.688. The second-order valence-electron chi connectivity index (χ2n) is 5.16. The molecule has 0 spiro atoms. The summed E-state index contributed by atoms with van der Waals surface area (Å²) in [5.41, 5.74) is 0.658. The van der Waals surface area contributed by atoms with E-state index in [0.29, 0.717) is 36.2 Å². The third-order valence-corrected chi connectivity index (χ3v) is 4.47. The minimum atomic E-state index is 0.0447. The van der Waals surface area contributed by atoms with Gasteiger partial charge in [-0.05, 0) is 37.4 Å². The Labute approximate surface area is 138 Å². The predicted molar refractivity (Wildman–Crippen MR) is 88.1 cm³/mol. The van der Waals surface area contributed by atoms with Gasteiger partial charge >= 0.3 is 0 Å². The number of amides is 1. The first-order valence-electron chi connectivity index (χ1n) is 7.47. The third kappa shape index (κ3) is 3.53. The third-order valence-electron chi connectivity index (χ3n) is 3.60. The number of furan rings is 1. The van der Waals surface area contributed by atoms with Crippen LogP contribution in [0.15, 0.2) is 44.7 Å². The van der Waals surface area contributed by atoms with Gasteiger partial charge in [-0.3, -0.25) is 4.79 Å². The first-order chi connectivity index (χ1) is 11.2. The van der Waals surface area contributed by atoms with Crippen molar-refractivity contribution in [2.75, 3.05) is 6.54 Å². The summed E-state index contributed by atoms with van der Waals surface area (Å²) >= 11 is 1.66. The molecule has 5 nitrogen and oxygen atoms in total. The molecule has 23 heavy (non-hydrogen) atoms. The van der Waals surface area contributed by atoms with Gasteiger partial charge in [0.25, 0.3) is 5.89 Å². The Balaban J connectivity index is 1.71. The molecule has 0 bridgehead atoms. The number of aryl methyl sites for hydroxylation is 1. The summed E-state index contributed by atoms with van der Waals surface area (Å²) in [5.74, 6) is 1.68. The molecule has 0 saturated carbocycles. The Bertz CT molecular complexity index is 760. The topological polar surface area (TPSA) is 59.5 Å². The Morgan fingerprint density at radius 1 is 1.35 bits per heavy atom. The Hall–Kier alpha value is -2.34. The lowest BCUT2D eigenvalue weighted by Crippen LogP contribution is -2.31. The number of thiophene rings is 1. The van der Waals surface area contributed by atoms with Gasteiger partial charge in [0.05, 0.1) is 24.9 Å². The highest BCUT2D eigenvalue weighted by molar-refractivity contribution is 7.09. The van der Waals surface area contributed by atoms with E-state index in [0.717, 1.165) is 0 Å². The van der Waals surface area contributed by atoms with Crippen LogP contribution >= 0.6 is 11.3 Å². The van der Waals surface area contributed by atoms with E-state index >= 15 is 0 Å². The molecule has 0 unspecified atom stereocenters. The average molecular weight is 330 g/mol. The average Bonchev–Trinajstić information content (AvgIpc) is 3.27. The van der Waals surface area contributed by atoms with Crippen LogP contribution in [0.25, 0.3) is 11.7 Å². The zero-order valence-electron chi connectivity index (χ0n) is 13.1. The maximum Gasteiger partial charge on any atom is 0.263 e. The highest BCUT2D eigenvalue weighted by atomic mass is 32.1. The molecule has 0 aromatic carbocycles. The van der Waals surface area contributed by atoms with Crippen molar-refractivity contribution in [2.24, 2.45) is 0 Å². The van der Waals surface area contributed by atoms with Gasteiger partial charge in [-0.2, -0.15) is 0 Å². The van der Waals surface area contributed by atoms with E-state index in [4.69, 9.17) is 8.83 Å². The molecule has 0 aliphatic carbocycles. The fourth-order valence-electron chi connectivity index (χ4n) is 2.32. The second-order valence-corrected chi connectivity index (χ2v) is 6.20. The summed E-state index contributed by atoms with van der Waals surface area (Å²) in [6, 6.07) is 7.60. The minimum Gasteiger partial charge on any atom is -0.459 e. The first-order valence-corrected chi connectivity index (χ1v) is 8.35. The van der Waals surface area contributed by atoms with E-state index in [1.54, 1.807) is 29.7 Å². The van der Waals surface area contributed by atoms with Gasteiger partial charge in [0.1, 0.15) is 5.76 Å². The second kappa shape index (κ2) is 6.83. The lowest BCUT2D eigenvalue weighted by molar-refractivity contribution is -0.130. The lowest BCUT2D eigenvalue weighted by atomic mass is 10.2. The molecule has 1 amide bonds. The monoisotopic (exact) mass is 330 g/mol. The van der Waals surface area contributed by atoms with Gasteiger partial charge in [-0.25, -0.2) is 4.98 Å². The zero-order chi connectivity index (χ0) is 16.2. The molecule has 0 atom stereocenters. The van der Waals surface area contributed by atoms with Crippen molar-refractivity contribution in [1.29, 1.82) is 0 Å². The summed E-state index contributed by atoms with van der Waals surface area (Å²) in [5, 5.41) is 2.02. The Kier molecular flexibility index (Phi) is 4.62. The van der Waals surface area contributed by atoms with Gasteiger partial charge in [-0.15, -0.1) is 11.3 Å². The number of oxazole rings is 1. The molecular formula is C17H18N2O3S. The molecule has 0 fully saturated rings. The molecule has 0 radical (unpaired) electrons. The fourth-order valence-corrected chi connectivity index (χ4v) is 3.04. The largest absolute Gasteiger partial charge is 0.459 e. The van der Waals surface area contributed by atoms with Crippen molar-refractivity contribution >= 4 is 17.2 Å². The van der Waals surface area contributed by atoms with Crippen LogP contribution in [0, 0.1) is 6.92 Å². The van der Waals surface area contributed by atoms with Crippen LogP contribution in [0.2, 0.25) is 0 Å². The van der Waals surface area contributed by atoms with Crippen molar-refractivity contribution < 1.29 is 13.6 Å². The number of hydrogen-bond donors (Lipinski definition) is 0. The number of likely N-dealkylation sites (N-methyl/N-ethyl adjacent to an activating group) is 1. The standard InChI is InChI=1S/C17H18N2O3S/c1-3-19(11-13-6-5-9-23-13)16(20)10-14-12(2)22-17(18-14)15-7-4-8-21-15/h4-9H,3,10-11H2,1-2H3. The van der Waals surface area contributed by atoms with E-state index in [-0.39, 0.29) is 12.3 Å². The van der Waals surface area contributed by atoms with E-state index in [9.17, 15) is 4.79 Å².